The van der Waals surface area contributed by atoms with Gasteiger partial charge in [-0.05, 0) is 12.1 Å². The average Bonchev–Trinajstić information content (AvgIpc) is 2.86. The molecule has 0 amide bonds. The predicted molar refractivity (Wildman–Crippen MR) is 66.8 cm³/mol. The second kappa shape index (κ2) is 3.64. The molecule has 4 nitrogen and oxygen atoms in total. The number of hydrogen-bond donors (Lipinski definition) is 1. The van der Waals surface area contributed by atoms with Crippen LogP contribution in [-0.4, -0.2) is 29.4 Å². The quantitative estimate of drug-likeness (QED) is 0.851. The third kappa shape index (κ3) is 1.54. The highest BCUT2D eigenvalue weighted by Gasteiger charge is 2.13. The van der Waals surface area contributed by atoms with E-state index < -0.39 is 0 Å². The Morgan fingerprint density at radius 2 is 2.06 bits per heavy atom. The molecular formula is C10H8Cl2N4. The van der Waals surface area contributed by atoms with Gasteiger partial charge in [-0.15, -0.1) is 0 Å². The molecule has 0 atom stereocenters. The van der Waals surface area contributed by atoms with Gasteiger partial charge in [-0.2, -0.15) is 0 Å². The van der Waals surface area contributed by atoms with Crippen molar-refractivity contribution < 1.29 is 0 Å². The third-order valence-corrected chi connectivity index (χ3v) is 3.20. The molecule has 0 aliphatic carbocycles. The number of nitrogens with zero attached hydrogens (tertiary/aromatic N) is 3. The molecule has 1 aromatic heterocycles. The van der Waals surface area contributed by atoms with E-state index in [4.69, 9.17) is 23.2 Å². The second-order valence-electron chi connectivity index (χ2n) is 3.56. The van der Waals surface area contributed by atoms with Crippen molar-refractivity contribution in [2.75, 3.05) is 18.0 Å². The number of H-pyrrole nitrogens is 1. The molecule has 1 N–H and O–H groups in total. The smallest absolute Gasteiger partial charge is 0.209 e. The van der Waals surface area contributed by atoms with Crippen LogP contribution in [0.15, 0.2) is 17.1 Å². The number of fused-ring (bicyclic) bond motifs is 1. The number of hydrogen-bond acceptors (Lipinski definition) is 3. The molecule has 2 aromatic rings. The first-order valence-electron chi connectivity index (χ1n) is 4.85. The van der Waals surface area contributed by atoms with Crippen molar-refractivity contribution in [1.82, 2.24) is 9.97 Å². The minimum atomic E-state index is 0.516. The van der Waals surface area contributed by atoms with Crippen molar-refractivity contribution in [3.8, 4) is 0 Å². The van der Waals surface area contributed by atoms with Gasteiger partial charge in [0.2, 0.25) is 5.95 Å². The number of aliphatic imine (C=N–C) groups is 1. The van der Waals surface area contributed by atoms with E-state index in [2.05, 4.69) is 15.0 Å². The van der Waals surface area contributed by atoms with Crippen molar-refractivity contribution in [3.63, 3.8) is 0 Å². The van der Waals surface area contributed by atoms with Gasteiger partial charge in [-0.25, -0.2) is 4.98 Å². The Kier molecular flexibility index (Phi) is 2.26. The number of nitrogens with one attached hydrogen (secondary N) is 1. The van der Waals surface area contributed by atoms with Crippen LogP contribution in [0.2, 0.25) is 10.0 Å². The molecule has 0 unspecified atom stereocenters. The van der Waals surface area contributed by atoms with E-state index in [-0.39, 0.29) is 0 Å². The SMILES string of the molecule is Clc1cc2nc(N3C=NCC3)[nH]c2cc1Cl. The van der Waals surface area contributed by atoms with Gasteiger partial charge in [0.25, 0.3) is 0 Å². The van der Waals surface area contributed by atoms with E-state index in [1.165, 1.54) is 0 Å². The van der Waals surface area contributed by atoms with Crippen LogP contribution >= 0.6 is 23.2 Å². The highest BCUT2D eigenvalue weighted by atomic mass is 35.5. The Morgan fingerprint density at radius 1 is 1.25 bits per heavy atom. The van der Waals surface area contributed by atoms with Gasteiger partial charge in [0.05, 0.1) is 34.0 Å². The zero-order valence-electron chi connectivity index (χ0n) is 8.24. The number of aromatic nitrogens is 2. The lowest BCUT2D eigenvalue weighted by molar-refractivity contribution is 0.991. The minimum Gasteiger partial charge on any atom is -0.324 e. The van der Waals surface area contributed by atoms with E-state index in [0.717, 1.165) is 30.1 Å². The van der Waals surface area contributed by atoms with Crippen molar-refractivity contribution in [2.24, 2.45) is 4.99 Å². The summed E-state index contributed by atoms with van der Waals surface area (Å²) < 4.78 is 0. The van der Waals surface area contributed by atoms with Crippen LogP contribution in [0.4, 0.5) is 5.95 Å². The molecule has 0 saturated heterocycles. The highest BCUT2D eigenvalue weighted by molar-refractivity contribution is 6.42. The van der Waals surface area contributed by atoms with Crippen LogP contribution in [0.5, 0.6) is 0 Å². The molecule has 2 heterocycles. The summed E-state index contributed by atoms with van der Waals surface area (Å²) in [6.07, 6.45) is 1.78. The van der Waals surface area contributed by atoms with Gasteiger partial charge >= 0.3 is 0 Å². The number of anilines is 1. The van der Waals surface area contributed by atoms with Crippen LogP contribution in [0.25, 0.3) is 11.0 Å². The van der Waals surface area contributed by atoms with E-state index in [9.17, 15) is 0 Å². The average molecular weight is 255 g/mol. The van der Waals surface area contributed by atoms with E-state index in [0.29, 0.717) is 10.0 Å². The van der Waals surface area contributed by atoms with Gasteiger partial charge in [0.15, 0.2) is 0 Å². The Hall–Kier alpha value is -1.26. The van der Waals surface area contributed by atoms with Crippen LogP contribution in [-0.2, 0) is 0 Å². The molecule has 3 rings (SSSR count). The summed E-state index contributed by atoms with van der Waals surface area (Å²) in [5.41, 5.74) is 1.69. The van der Waals surface area contributed by atoms with Crippen LogP contribution in [0.1, 0.15) is 0 Å². The first kappa shape index (κ1) is 9.93. The molecule has 0 radical (unpaired) electrons. The fraction of sp³-hybridized carbons (Fsp3) is 0.200. The lowest BCUT2D eigenvalue weighted by Crippen LogP contribution is -2.19. The third-order valence-electron chi connectivity index (χ3n) is 2.47. The molecule has 16 heavy (non-hydrogen) atoms. The lowest BCUT2D eigenvalue weighted by Gasteiger charge is -2.07. The zero-order valence-corrected chi connectivity index (χ0v) is 9.76. The maximum absolute atomic E-state index is 5.94. The first-order chi connectivity index (χ1) is 7.74. The largest absolute Gasteiger partial charge is 0.324 e. The fourth-order valence-corrected chi connectivity index (χ4v) is 1.99. The molecule has 0 spiro atoms. The summed E-state index contributed by atoms with van der Waals surface area (Å²) in [7, 11) is 0. The van der Waals surface area contributed by atoms with Crippen molar-refractivity contribution >= 4 is 46.5 Å². The van der Waals surface area contributed by atoms with E-state index >= 15 is 0 Å². The molecule has 6 heteroatoms. The molecule has 1 aromatic carbocycles. The normalized spacial score (nSPS) is 15.2. The number of halogens is 2. The number of aromatic amines is 1. The van der Waals surface area contributed by atoms with Gasteiger partial charge in [-0.1, -0.05) is 23.2 Å². The van der Waals surface area contributed by atoms with Crippen LogP contribution < -0.4 is 4.90 Å². The zero-order chi connectivity index (χ0) is 11.1. The minimum absolute atomic E-state index is 0.516. The molecule has 0 fully saturated rings. The Bertz CT molecular complexity index is 536. The Labute approximate surface area is 102 Å². The van der Waals surface area contributed by atoms with Crippen molar-refractivity contribution in [1.29, 1.82) is 0 Å². The van der Waals surface area contributed by atoms with Gasteiger partial charge in [0.1, 0.15) is 0 Å². The van der Waals surface area contributed by atoms with Crippen LogP contribution in [0.3, 0.4) is 0 Å². The monoisotopic (exact) mass is 254 g/mol. The summed E-state index contributed by atoms with van der Waals surface area (Å²) in [6.45, 7) is 1.65. The summed E-state index contributed by atoms with van der Waals surface area (Å²) in [5, 5.41) is 1.04. The number of benzene rings is 1. The summed E-state index contributed by atoms with van der Waals surface area (Å²) in [6, 6.07) is 3.54. The van der Waals surface area contributed by atoms with Crippen molar-refractivity contribution in [3.05, 3.63) is 22.2 Å². The molecule has 1 aliphatic heterocycles. The first-order valence-corrected chi connectivity index (χ1v) is 5.61. The summed E-state index contributed by atoms with van der Waals surface area (Å²) in [5.74, 6) is 0.773. The molecule has 0 saturated carbocycles. The van der Waals surface area contributed by atoms with Gasteiger partial charge < -0.3 is 9.88 Å². The van der Waals surface area contributed by atoms with E-state index in [1.807, 2.05) is 4.90 Å². The van der Waals surface area contributed by atoms with Gasteiger partial charge in [-0.3, -0.25) is 4.99 Å². The second-order valence-corrected chi connectivity index (χ2v) is 4.37. The Morgan fingerprint density at radius 3 is 2.81 bits per heavy atom. The maximum atomic E-state index is 5.94. The number of rotatable bonds is 1. The molecular weight excluding hydrogens is 247 g/mol. The lowest BCUT2D eigenvalue weighted by atomic mass is 10.3. The molecule has 82 valence electrons. The van der Waals surface area contributed by atoms with Gasteiger partial charge in [0, 0.05) is 6.54 Å². The predicted octanol–water partition coefficient (Wildman–Crippen LogP) is 2.72. The molecule has 1 aliphatic rings. The fourth-order valence-electron chi connectivity index (χ4n) is 1.67. The highest BCUT2D eigenvalue weighted by Crippen LogP contribution is 2.28. The maximum Gasteiger partial charge on any atom is 0.209 e. The molecule has 0 bridgehead atoms. The summed E-state index contributed by atoms with van der Waals surface area (Å²) in [4.78, 5) is 13.7. The topological polar surface area (TPSA) is 44.3 Å². The standard InChI is InChI=1S/C10H8Cl2N4/c11-6-3-8-9(4-7(6)12)15-10(14-8)16-2-1-13-5-16/h3-5H,1-2H2,(H,14,15). The number of imidazole rings is 1. The summed E-state index contributed by atoms with van der Waals surface area (Å²) >= 11 is 11.9. The van der Waals surface area contributed by atoms with Crippen molar-refractivity contribution in [2.45, 2.75) is 0 Å². The van der Waals surface area contributed by atoms with E-state index in [1.54, 1.807) is 18.5 Å². The van der Waals surface area contributed by atoms with Crippen LogP contribution in [0, 0.1) is 0 Å². The Balaban J connectivity index is 2.11.